The van der Waals surface area contributed by atoms with Crippen LogP contribution in [0.1, 0.15) is 27.2 Å². The van der Waals surface area contributed by atoms with Crippen molar-refractivity contribution in [2.45, 2.75) is 27.2 Å². The molecule has 0 amide bonds. The topological polar surface area (TPSA) is 24.7 Å². The summed E-state index contributed by atoms with van der Waals surface area (Å²) in [6, 6.07) is 0. The second kappa shape index (κ2) is 4.39. The number of hydrogen-bond acceptors (Lipinski definition) is 2. The Morgan fingerprint density at radius 2 is 2.08 bits per heavy atom. The maximum absolute atomic E-state index is 4.14. The van der Waals surface area contributed by atoms with Crippen molar-refractivity contribution in [2.75, 3.05) is 6.54 Å². The van der Waals surface area contributed by atoms with Crippen LogP contribution in [0, 0.1) is 17.8 Å². The van der Waals surface area contributed by atoms with Gasteiger partial charge in [-0.15, -0.1) is 0 Å². The summed E-state index contributed by atoms with van der Waals surface area (Å²) in [5.74, 6) is 2.07. The summed E-state index contributed by atoms with van der Waals surface area (Å²) in [6.45, 7) is 7.77. The first-order valence-corrected chi connectivity index (χ1v) is 4.73. The van der Waals surface area contributed by atoms with Crippen LogP contribution in [-0.2, 0) is 0 Å². The van der Waals surface area contributed by atoms with Crippen LogP contribution < -0.4 is 0 Å². The zero-order chi connectivity index (χ0) is 8.97. The summed E-state index contributed by atoms with van der Waals surface area (Å²) in [5, 5.41) is 0. The molecule has 0 radical (unpaired) electrons. The number of hydrogen-bond donors (Lipinski definition) is 0. The molecule has 1 rings (SSSR count). The van der Waals surface area contributed by atoms with Gasteiger partial charge in [-0.1, -0.05) is 20.8 Å². The van der Waals surface area contributed by atoms with Gasteiger partial charge in [0.15, 0.2) is 0 Å². The van der Waals surface area contributed by atoms with Crippen molar-refractivity contribution in [2.24, 2.45) is 27.7 Å². The van der Waals surface area contributed by atoms with E-state index in [2.05, 4.69) is 37.0 Å². The molecule has 0 saturated carbocycles. The first-order chi connectivity index (χ1) is 5.72. The molecule has 0 aromatic carbocycles. The molecule has 2 atom stereocenters. The number of nitrogens with zero attached hydrogens (tertiary/aromatic N) is 2. The van der Waals surface area contributed by atoms with Crippen LogP contribution in [-0.4, -0.2) is 19.1 Å². The zero-order valence-electron chi connectivity index (χ0n) is 8.20. The second-order valence-corrected chi connectivity index (χ2v) is 3.88. The van der Waals surface area contributed by atoms with Crippen molar-refractivity contribution in [3.05, 3.63) is 0 Å². The Balaban J connectivity index is 2.51. The quantitative estimate of drug-likeness (QED) is 0.602. The Bertz CT molecular complexity index is 182. The van der Waals surface area contributed by atoms with Gasteiger partial charge in [0.05, 0.1) is 0 Å². The third kappa shape index (κ3) is 2.43. The standard InChI is InChI=1S/C10H18N2/c1-8(2)9(3)10-4-5-11-7-12-6-10/h6-10H,4-5H2,1-3H3. The lowest BCUT2D eigenvalue weighted by molar-refractivity contribution is 0.335. The van der Waals surface area contributed by atoms with Crippen molar-refractivity contribution in [3.8, 4) is 0 Å². The summed E-state index contributed by atoms with van der Waals surface area (Å²) in [5.41, 5.74) is 0. The summed E-state index contributed by atoms with van der Waals surface area (Å²) >= 11 is 0. The SMILES string of the molecule is CC(C)C(C)C1C=NC=NCC1. The fourth-order valence-electron chi connectivity index (χ4n) is 1.45. The predicted octanol–water partition coefficient (Wildman–Crippen LogP) is 2.40. The van der Waals surface area contributed by atoms with Gasteiger partial charge in [-0.05, 0) is 24.2 Å². The fraction of sp³-hybridized carbons (Fsp3) is 0.800. The molecule has 0 bridgehead atoms. The van der Waals surface area contributed by atoms with E-state index in [-0.39, 0.29) is 0 Å². The van der Waals surface area contributed by atoms with Crippen LogP contribution in [0.25, 0.3) is 0 Å². The minimum Gasteiger partial charge on any atom is -0.274 e. The van der Waals surface area contributed by atoms with E-state index in [0.717, 1.165) is 24.8 Å². The Labute approximate surface area is 74.8 Å². The van der Waals surface area contributed by atoms with Gasteiger partial charge in [-0.2, -0.15) is 0 Å². The third-order valence-electron chi connectivity index (χ3n) is 2.74. The summed E-state index contributed by atoms with van der Waals surface area (Å²) < 4.78 is 0. The molecule has 12 heavy (non-hydrogen) atoms. The molecule has 1 heterocycles. The van der Waals surface area contributed by atoms with Crippen molar-refractivity contribution in [1.29, 1.82) is 0 Å². The molecule has 0 N–H and O–H groups in total. The normalized spacial score (nSPS) is 25.8. The molecule has 0 aromatic heterocycles. The lowest BCUT2D eigenvalue weighted by Crippen LogP contribution is -2.18. The minimum absolute atomic E-state index is 0.618. The van der Waals surface area contributed by atoms with Crippen molar-refractivity contribution < 1.29 is 0 Å². The molecule has 2 nitrogen and oxygen atoms in total. The predicted molar refractivity (Wildman–Crippen MR) is 54.0 cm³/mol. The van der Waals surface area contributed by atoms with Crippen LogP contribution in [0.4, 0.5) is 0 Å². The Morgan fingerprint density at radius 3 is 2.75 bits per heavy atom. The average molecular weight is 166 g/mol. The van der Waals surface area contributed by atoms with Gasteiger partial charge < -0.3 is 0 Å². The highest BCUT2D eigenvalue weighted by Gasteiger charge is 2.18. The summed E-state index contributed by atoms with van der Waals surface area (Å²) in [4.78, 5) is 8.28. The molecular formula is C10H18N2. The maximum Gasteiger partial charge on any atom is 0.109 e. The van der Waals surface area contributed by atoms with Crippen LogP contribution in [0.2, 0.25) is 0 Å². The Morgan fingerprint density at radius 1 is 1.33 bits per heavy atom. The highest BCUT2D eigenvalue weighted by atomic mass is 14.9. The largest absolute Gasteiger partial charge is 0.274 e. The molecular weight excluding hydrogens is 148 g/mol. The third-order valence-corrected chi connectivity index (χ3v) is 2.74. The first-order valence-electron chi connectivity index (χ1n) is 4.73. The minimum atomic E-state index is 0.618. The van der Waals surface area contributed by atoms with Crippen LogP contribution in [0.5, 0.6) is 0 Å². The molecule has 0 saturated heterocycles. The second-order valence-electron chi connectivity index (χ2n) is 3.88. The monoisotopic (exact) mass is 166 g/mol. The van der Waals surface area contributed by atoms with E-state index in [9.17, 15) is 0 Å². The molecule has 0 fully saturated rings. The van der Waals surface area contributed by atoms with Gasteiger partial charge in [-0.25, -0.2) is 4.99 Å². The Hall–Kier alpha value is -0.660. The molecule has 2 unspecified atom stereocenters. The van der Waals surface area contributed by atoms with Crippen molar-refractivity contribution >= 4 is 12.6 Å². The highest BCUT2D eigenvalue weighted by molar-refractivity contribution is 5.74. The van der Waals surface area contributed by atoms with Crippen LogP contribution >= 0.6 is 0 Å². The first kappa shape index (κ1) is 9.43. The molecule has 0 aliphatic carbocycles. The van der Waals surface area contributed by atoms with E-state index in [1.54, 1.807) is 6.34 Å². The van der Waals surface area contributed by atoms with Crippen molar-refractivity contribution in [1.82, 2.24) is 0 Å². The lowest BCUT2D eigenvalue weighted by atomic mass is 9.84. The molecule has 0 spiro atoms. The average Bonchev–Trinajstić information content (AvgIpc) is 2.30. The van der Waals surface area contributed by atoms with Crippen molar-refractivity contribution in [3.63, 3.8) is 0 Å². The van der Waals surface area contributed by atoms with E-state index in [4.69, 9.17) is 0 Å². The lowest BCUT2D eigenvalue weighted by Gasteiger charge is -2.22. The highest BCUT2D eigenvalue weighted by Crippen LogP contribution is 2.22. The van der Waals surface area contributed by atoms with Gasteiger partial charge in [-0.3, -0.25) is 4.99 Å². The van der Waals surface area contributed by atoms with Gasteiger partial charge in [0.25, 0.3) is 0 Å². The molecule has 68 valence electrons. The van der Waals surface area contributed by atoms with E-state index < -0.39 is 0 Å². The smallest absolute Gasteiger partial charge is 0.109 e. The summed E-state index contributed by atoms with van der Waals surface area (Å²) in [6.07, 6.45) is 4.88. The maximum atomic E-state index is 4.14. The summed E-state index contributed by atoms with van der Waals surface area (Å²) in [7, 11) is 0. The van der Waals surface area contributed by atoms with E-state index in [1.165, 1.54) is 0 Å². The molecule has 1 aliphatic rings. The van der Waals surface area contributed by atoms with E-state index in [0.29, 0.717) is 5.92 Å². The Kier molecular flexibility index (Phi) is 3.45. The molecule has 0 aromatic rings. The number of aliphatic imine (C=N–C) groups is 2. The molecule has 1 aliphatic heterocycles. The zero-order valence-corrected chi connectivity index (χ0v) is 8.20. The number of rotatable bonds is 2. The van der Waals surface area contributed by atoms with Crippen LogP contribution in [0.3, 0.4) is 0 Å². The van der Waals surface area contributed by atoms with Crippen LogP contribution in [0.15, 0.2) is 9.98 Å². The van der Waals surface area contributed by atoms with E-state index in [1.807, 2.05) is 0 Å². The molecule has 2 heteroatoms. The van der Waals surface area contributed by atoms with Gasteiger partial charge in [0.2, 0.25) is 0 Å². The van der Waals surface area contributed by atoms with Gasteiger partial charge in [0.1, 0.15) is 6.34 Å². The van der Waals surface area contributed by atoms with Gasteiger partial charge in [0, 0.05) is 12.8 Å². The fourth-order valence-corrected chi connectivity index (χ4v) is 1.45. The van der Waals surface area contributed by atoms with Gasteiger partial charge >= 0.3 is 0 Å². The van der Waals surface area contributed by atoms with E-state index >= 15 is 0 Å².